The van der Waals surface area contributed by atoms with Gasteiger partial charge in [-0.05, 0) is 45.9 Å². The molecule has 0 bridgehead atoms. The molecule has 1 nitrogen and oxygen atoms in total. The first-order valence-corrected chi connectivity index (χ1v) is 8.00. The number of hydrogen-bond donors (Lipinski definition) is 0. The molecule has 0 amide bonds. The Hall–Kier alpha value is -2.71. The Balaban J connectivity index is 2.24. The molecule has 2 heteroatoms. The van der Waals surface area contributed by atoms with E-state index in [1.54, 1.807) is 0 Å². The van der Waals surface area contributed by atoms with Crippen molar-refractivity contribution in [2.75, 3.05) is 0 Å². The van der Waals surface area contributed by atoms with Crippen molar-refractivity contribution in [3.63, 3.8) is 0 Å². The predicted octanol–water partition coefficient (Wildman–Crippen LogP) is 6.62. The lowest BCUT2D eigenvalue weighted by atomic mass is 9.97. The highest BCUT2D eigenvalue weighted by Gasteiger charge is 2.11. The summed E-state index contributed by atoms with van der Waals surface area (Å²) in [5.74, 6) is 0. The van der Waals surface area contributed by atoms with Gasteiger partial charge in [0.05, 0.1) is 0 Å². The molecule has 0 fully saturated rings. The van der Waals surface area contributed by atoms with Crippen molar-refractivity contribution in [2.24, 2.45) is 0 Å². The monoisotopic (exact) mass is 312 g/mol. The Morgan fingerprint density at radius 3 is 1.91 bits per heavy atom. The summed E-state index contributed by atoms with van der Waals surface area (Å²) in [6, 6.07) is 25.2. The second-order valence-corrected chi connectivity index (χ2v) is 6.13. The van der Waals surface area contributed by atoms with Crippen molar-refractivity contribution < 1.29 is 4.42 Å². The molecule has 0 aliphatic heterocycles. The van der Waals surface area contributed by atoms with Crippen molar-refractivity contribution >= 4 is 55.5 Å². The van der Waals surface area contributed by atoms with Crippen molar-refractivity contribution in [3.05, 3.63) is 77.5 Å². The van der Waals surface area contributed by atoms with Crippen molar-refractivity contribution in [1.82, 2.24) is 0 Å². The first-order valence-electron chi connectivity index (χ1n) is 7.59. The molecule has 5 rings (SSSR count). The molecule has 0 aliphatic carbocycles. The maximum Gasteiger partial charge on any atom is 0.198 e. The van der Waals surface area contributed by atoms with E-state index < -0.39 is 0 Å². The van der Waals surface area contributed by atoms with Gasteiger partial charge in [0.25, 0.3) is 0 Å². The van der Waals surface area contributed by atoms with Gasteiger partial charge < -0.3 is 4.42 Å². The number of rotatable bonds is 0. The summed E-state index contributed by atoms with van der Waals surface area (Å²) in [6.45, 7) is 0. The highest BCUT2D eigenvalue weighted by atomic mass is 32.1. The predicted molar refractivity (Wildman–Crippen MR) is 99.6 cm³/mol. The third-order valence-electron chi connectivity index (χ3n) is 4.49. The van der Waals surface area contributed by atoms with Crippen LogP contribution in [-0.4, -0.2) is 0 Å². The number of benzene rings is 4. The highest BCUT2D eigenvalue weighted by Crippen LogP contribution is 2.36. The largest absolute Gasteiger partial charge is 0.445 e. The van der Waals surface area contributed by atoms with Crippen molar-refractivity contribution in [3.8, 4) is 0 Å². The van der Waals surface area contributed by atoms with Gasteiger partial charge in [0.1, 0.15) is 5.58 Å². The van der Waals surface area contributed by atoms with E-state index >= 15 is 0 Å². The van der Waals surface area contributed by atoms with Gasteiger partial charge in [-0.15, -0.1) is 0 Å². The fourth-order valence-electron chi connectivity index (χ4n) is 3.46. The Morgan fingerprint density at radius 2 is 1.17 bits per heavy atom. The molecule has 0 saturated carbocycles. The summed E-state index contributed by atoms with van der Waals surface area (Å²) < 4.78 is 6.50. The van der Waals surface area contributed by atoms with Crippen LogP contribution < -0.4 is 0 Å². The normalized spacial score (nSPS) is 11.7. The van der Waals surface area contributed by atoms with Crippen LogP contribution in [0.15, 0.2) is 77.2 Å². The molecule has 0 N–H and O–H groups in total. The lowest BCUT2D eigenvalue weighted by Gasteiger charge is -2.10. The maximum atomic E-state index is 5.95. The van der Waals surface area contributed by atoms with E-state index in [-0.39, 0.29) is 0 Å². The van der Waals surface area contributed by atoms with E-state index in [9.17, 15) is 0 Å². The molecule has 4 aromatic carbocycles. The molecule has 1 heterocycles. The van der Waals surface area contributed by atoms with Crippen LogP contribution in [-0.2, 0) is 0 Å². The van der Waals surface area contributed by atoms with E-state index in [0.717, 1.165) is 16.4 Å². The fourth-order valence-corrected chi connectivity index (χ4v) is 3.72. The van der Waals surface area contributed by atoms with E-state index in [1.165, 1.54) is 26.9 Å². The molecular formula is C21H12OS. The van der Waals surface area contributed by atoms with Gasteiger partial charge in [0.15, 0.2) is 4.71 Å². The summed E-state index contributed by atoms with van der Waals surface area (Å²) in [4.78, 5) is 0. The van der Waals surface area contributed by atoms with E-state index in [4.69, 9.17) is 16.6 Å². The van der Waals surface area contributed by atoms with Gasteiger partial charge in [-0.3, -0.25) is 0 Å². The molecule has 0 unspecified atom stereocenters. The number of fused-ring (bicyclic) bond motifs is 7. The van der Waals surface area contributed by atoms with Crippen LogP contribution in [0.2, 0.25) is 0 Å². The van der Waals surface area contributed by atoms with Gasteiger partial charge >= 0.3 is 0 Å². The van der Waals surface area contributed by atoms with Gasteiger partial charge in [-0.1, -0.05) is 60.7 Å². The molecule has 0 saturated heterocycles. The molecule has 0 aliphatic rings. The molecule has 0 radical (unpaired) electrons. The molecule has 5 aromatic rings. The lowest BCUT2D eigenvalue weighted by molar-refractivity contribution is 0.595. The Labute approximate surface area is 137 Å². The highest BCUT2D eigenvalue weighted by molar-refractivity contribution is 7.71. The quantitative estimate of drug-likeness (QED) is 0.235. The summed E-state index contributed by atoms with van der Waals surface area (Å²) in [5.41, 5.74) is 0.845. The second-order valence-electron chi connectivity index (χ2n) is 5.76. The zero-order chi connectivity index (χ0) is 15.4. The van der Waals surface area contributed by atoms with Gasteiger partial charge in [0, 0.05) is 16.2 Å². The van der Waals surface area contributed by atoms with Crippen LogP contribution in [0.4, 0.5) is 0 Å². The van der Waals surface area contributed by atoms with Crippen LogP contribution in [0.5, 0.6) is 0 Å². The summed E-state index contributed by atoms with van der Waals surface area (Å²) in [6.07, 6.45) is 0. The van der Waals surface area contributed by atoms with Crippen LogP contribution in [0, 0.1) is 4.71 Å². The zero-order valence-corrected chi connectivity index (χ0v) is 13.1. The van der Waals surface area contributed by atoms with Crippen LogP contribution in [0.25, 0.3) is 43.3 Å². The standard InChI is InChI=1S/C21H12OS/c23-21-17-11-9-13-5-1-3-7-15(13)19(17)20-16-8-4-2-6-14(16)10-12-18(20)22-21/h1-12H. The Kier molecular flexibility index (Phi) is 2.58. The minimum Gasteiger partial charge on any atom is -0.445 e. The van der Waals surface area contributed by atoms with Gasteiger partial charge in [0.2, 0.25) is 0 Å². The minimum absolute atomic E-state index is 0.550. The summed E-state index contributed by atoms with van der Waals surface area (Å²) in [7, 11) is 0. The minimum atomic E-state index is 0.550. The Morgan fingerprint density at radius 1 is 0.565 bits per heavy atom. The van der Waals surface area contributed by atoms with Gasteiger partial charge in [-0.25, -0.2) is 0 Å². The average Bonchev–Trinajstić information content (AvgIpc) is 2.61. The fraction of sp³-hybridized carbons (Fsp3) is 0. The molecule has 1 aromatic heterocycles. The third kappa shape index (κ3) is 1.76. The van der Waals surface area contributed by atoms with E-state index in [0.29, 0.717) is 4.71 Å². The van der Waals surface area contributed by atoms with E-state index in [2.05, 4.69) is 66.7 Å². The zero-order valence-electron chi connectivity index (χ0n) is 12.2. The summed E-state index contributed by atoms with van der Waals surface area (Å²) in [5, 5.41) is 8.17. The third-order valence-corrected chi connectivity index (χ3v) is 4.80. The first-order chi connectivity index (χ1) is 11.3. The van der Waals surface area contributed by atoms with Crippen LogP contribution >= 0.6 is 12.2 Å². The van der Waals surface area contributed by atoms with Crippen LogP contribution in [0.1, 0.15) is 0 Å². The maximum absolute atomic E-state index is 5.95. The molecular weight excluding hydrogens is 300 g/mol. The topological polar surface area (TPSA) is 13.1 Å². The first kappa shape index (κ1) is 12.8. The average molecular weight is 312 g/mol. The van der Waals surface area contributed by atoms with Gasteiger partial charge in [-0.2, -0.15) is 0 Å². The van der Waals surface area contributed by atoms with E-state index in [1.807, 2.05) is 6.07 Å². The van der Waals surface area contributed by atoms with Crippen molar-refractivity contribution in [2.45, 2.75) is 0 Å². The lowest BCUT2D eigenvalue weighted by Crippen LogP contribution is -1.84. The smallest absolute Gasteiger partial charge is 0.198 e. The molecule has 23 heavy (non-hydrogen) atoms. The molecule has 0 atom stereocenters. The number of hydrogen-bond acceptors (Lipinski definition) is 2. The van der Waals surface area contributed by atoms with Crippen molar-refractivity contribution in [1.29, 1.82) is 0 Å². The van der Waals surface area contributed by atoms with Crippen LogP contribution in [0.3, 0.4) is 0 Å². The Bertz CT molecular complexity index is 1280. The second kappa shape index (κ2) is 4.64. The molecule has 108 valence electrons. The molecule has 0 spiro atoms. The SMILES string of the molecule is S=c1oc2ccc3ccccc3c2c2c1ccc1ccccc12. The summed E-state index contributed by atoms with van der Waals surface area (Å²) >= 11 is 5.50.